The summed E-state index contributed by atoms with van der Waals surface area (Å²) in [6.45, 7) is 4.53. The van der Waals surface area contributed by atoms with E-state index in [1.165, 1.54) is 0 Å². The Morgan fingerprint density at radius 2 is 1.67 bits per heavy atom. The average molecular weight is 336 g/mol. The molecule has 0 saturated carbocycles. The van der Waals surface area contributed by atoms with Crippen LogP contribution in [0.1, 0.15) is 13.8 Å². The molecule has 0 radical (unpaired) electrons. The minimum atomic E-state index is -0.541. The van der Waals surface area contributed by atoms with Gasteiger partial charge in [0.15, 0.2) is 0 Å². The van der Waals surface area contributed by atoms with Crippen molar-refractivity contribution < 1.29 is 19.1 Å². The van der Waals surface area contributed by atoms with Crippen molar-refractivity contribution in [1.29, 1.82) is 0 Å². The second-order valence-electron chi connectivity index (χ2n) is 4.99. The lowest BCUT2D eigenvalue weighted by Crippen LogP contribution is -2.46. The number of imide groups is 1. The summed E-state index contributed by atoms with van der Waals surface area (Å²) in [5.41, 5.74) is 0.642. The third-order valence-electron chi connectivity index (χ3n) is 3.15. The van der Waals surface area contributed by atoms with Crippen LogP contribution in [0.3, 0.4) is 0 Å². The van der Waals surface area contributed by atoms with E-state index in [0.717, 1.165) is 0 Å². The first kappa shape index (κ1) is 19.4. The molecule has 0 heterocycles. The Morgan fingerprint density at radius 3 is 2.21 bits per heavy atom. The Labute approximate surface area is 141 Å². The molecule has 0 aliphatic rings. The fourth-order valence-electron chi connectivity index (χ4n) is 1.93. The van der Waals surface area contributed by atoms with Gasteiger partial charge in [-0.2, -0.15) is 0 Å². The number of nitrogens with zero attached hydrogens (tertiary/aromatic N) is 1. The molecule has 0 unspecified atom stereocenters. The highest BCUT2D eigenvalue weighted by molar-refractivity contribution is 5.96. The lowest BCUT2D eigenvalue weighted by atomic mass is 10.3. The van der Waals surface area contributed by atoms with Crippen LogP contribution in [0.15, 0.2) is 24.3 Å². The van der Waals surface area contributed by atoms with Crippen molar-refractivity contribution >= 4 is 23.5 Å². The first-order valence-electron chi connectivity index (χ1n) is 7.72. The molecule has 0 atom stereocenters. The van der Waals surface area contributed by atoms with Crippen LogP contribution in [-0.2, 0) is 9.59 Å². The van der Waals surface area contributed by atoms with Crippen LogP contribution in [0, 0.1) is 0 Å². The molecule has 0 aliphatic heterocycles. The van der Waals surface area contributed by atoms with Crippen molar-refractivity contribution in [3.05, 3.63) is 24.3 Å². The molecule has 0 aliphatic carbocycles. The molecule has 0 bridgehead atoms. The molecule has 1 rings (SSSR count). The molecule has 8 nitrogen and oxygen atoms in total. The van der Waals surface area contributed by atoms with Crippen molar-refractivity contribution in [1.82, 2.24) is 15.5 Å². The Morgan fingerprint density at radius 1 is 1.04 bits per heavy atom. The molecule has 8 heteroatoms. The van der Waals surface area contributed by atoms with E-state index in [-0.39, 0.29) is 19.0 Å². The first-order chi connectivity index (χ1) is 11.5. The maximum Gasteiger partial charge on any atom is 0.321 e. The predicted molar refractivity (Wildman–Crippen MR) is 91.0 cm³/mol. The molecule has 0 fully saturated rings. The van der Waals surface area contributed by atoms with Gasteiger partial charge in [-0.3, -0.25) is 19.8 Å². The van der Waals surface area contributed by atoms with Crippen LogP contribution < -0.4 is 20.7 Å². The number of nitrogens with one attached hydrogen (secondary N) is 3. The highest BCUT2D eigenvalue weighted by Gasteiger charge is 2.15. The fourth-order valence-corrected chi connectivity index (χ4v) is 1.93. The smallest absolute Gasteiger partial charge is 0.321 e. The molecule has 3 N–H and O–H groups in total. The zero-order valence-electron chi connectivity index (χ0n) is 14.2. The number of carbonyl (C=O) groups is 3. The lowest BCUT2D eigenvalue weighted by Gasteiger charge is -2.19. The van der Waals surface area contributed by atoms with Crippen molar-refractivity contribution in [2.24, 2.45) is 0 Å². The monoisotopic (exact) mass is 336 g/mol. The topological polar surface area (TPSA) is 99.8 Å². The fraction of sp³-hybridized carbons (Fsp3) is 0.438. The van der Waals surface area contributed by atoms with E-state index in [4.69, 9.17) is 4.74 Å². The first-order valence-corrected chi connectivity index (χ1v) is 7.72. The summed E-state index contributed by atoms with van der Waals surface area (Å²) in [5, 5.41) is 7.42. The SMILES string of the molecule is CCNC(=O)NC(=O)CN(CC)CC(=O)Nc1ccc(OC)cc1. The summed E-state index contributed by atoms with van der Waals surface area (Å²) in [7, 11) is 1.57. The summed E-state index contributed by atoms with van der Waals surface area (Å²) in [6, 6.07) is 6.41. The van der Waals surface area contributed by atoms with Crippen LogP contribution in [0.4, 0.5) is 10.5 Å². The summed E-state index contributed by atoms with van der Waals surface area (Å²) >= 11 is 0. The summed E-state index contributed by atoms with van der Waals surface area (Å²) in [6.07, 6.45) is 0. The van der Waals surface area contributed by atoms with Crippen LogP contribution in [0.5, 0.6) is 5.75 Å². The van der Waals surface area contributed by atoms with Gasteiger partial charge in [-0.05, 0) is 37.7 Å². The van der Waals surface area contributed by atoms with Gasteiger partial charge >= 0.3 is 6.03 Å². The number of anilines is 1. The minimum absolute atomic E-state index is 0.0380. The molecule has 1 aromatic rings. The van der Waals surface area contributed by atoms with E-state index in [0.29, 0.717) is 24.5 Å². The highest BCUT2D eigenvalue weighted by Crippen LogP contribution is 2.14. The van der Waals surface area contributed by atoms with E-state index in [1.54, 1.807) is 43.2 Å². The van der Waals surface area contributed by atoms with Crippen molar-refractivity contribution in [2.75, 3.05) is 38.6 Å². The van der Waals surface area contributed by atoms with Crippen molar-refractivity contribution in [3.8, 4) is 5.75 Å². The molecule has 4 amide bonds. The van der Waals surface area contributed by atoms with Gasteiger partial charge in [0.25, 0.3) is 0 Å². The molecular formula is C16H24N4O4. The molecule has 24 heavy (non-hydrogen) atoms. The second kappa shape index (κ2) is 10.2. The second-order valence-corrected chi connectivity index (χ2v) is 4.99. The quantitative estimate of drug-likeness (QED) is 0.652. The number of likely N-dealkylation sites (N-methyl/N-ethyl adjacent to an activating group) is 1. The van der Waals surface area contributed by atoms with Crippen LogP contribution >= 0.6 is 0 Å². The van der Waals surface area contributed by atoms with Gasteiger partial charge < -0.3 is 15.4 Å². The largest absolute Gasteiger partial charge is 0.497 e. The zero-order valence-corrected chi connectivity index (χ0v) is 14.2. The number of urea groups is 1. The summed E-state index contributed by atoms with van der Waals surface area (Å²) in [5.74, 6) is -0.00177. The standard InChI is InChI=1S/C16H24N4O4/c1-4-17-16(23)19-15(22)11-20(5-2)10-14(21)18-12-6-8-13(24-3)9-7-12/h6-9H,4-5,10-11H2,1-3H3,(H,18,21)(H2,17,19,22,23). The van der Waals surface area contributed by atoms with Gasteiger partial charge in [0.05, 0.1) is 20.2 Å². The molecule has 132 valence electrons. The lowest BCUT2D eigenvalue weighted by molar-refractivity contribution is -0.122. The van der Waals surface area contributed by atoms with Crippen molar-refractivity contribution in [3.63, 3.8) is 0 Å². The van der Waals surface area contributed by atoms with E-state index in [2.05, 4.69) is 16.0 Å². The van der Waals surface area contributed by atoms with Gasteiger partial charge in [0.2, 0.25) is 11.8 Å². The Bertz CT molecular complexity index is 560. The third kappa shape index (κ3) is 7.10. The number of rotatable bonds is 8. The zero-order chi connectivity index (χ0) is 17.9. The average Bonchev–Trinajstić information content (AvgIpc) is 2.54. The Balaban J connectivity index is 2.46. The number of hydrogen-bond donors (Lipinski definition) is 3. The van der Waals surface area contributed by atoms with Crippen molar-refractivity contribution in [2.45, 2.75) is 13.8 Å². The Kier molecular flexibility index (Phi) is 8.28. The van der Waals surface area contributed by atoms with E-state index >= 15 is 0 Å². The number of methoxy groups -OCH3 is 1. The molecule has 1 aromatic carbocycles. The summed E-state index contributed by atoms with van der Waals surface area (Å²) in [4.78, 5) is 36.7. The number of hydrogen-bond acceptors (Lipinski definition) is 5. The molecule has 0 aromatic heterocycles. The van der Waals surface area contributed by atoms with E-state index in [9.17, 15) is 14.4 Å². The number of ether oxygens (including phenoxy) is 1. The van der Waals surface area contributed by atoms with Crippen LogP contribution in [0.2, 0.25) is 0 Å². The highest BCUT2D eigenvalue weighted by atomic mass is 16.5. The van der Waals surface area contributed by atoms with Gasteiger partial charge in [-0.15, -0.1) is 0 Å². The number of benzene rings is 1. The molecule has 0 saturated heterocycles. The summed E-state index contributed by atoms with van der Waals surface area (Å²) < 4.78 is 5.05. The van der Waals surface area contributed by atoms with Gasteiger partial charge in [0, 0.05) is 12.2 Å². The minimum Gasteiger partial charge on any atom is -0.497 e. The molecule has 0 spiro atoms. The van der Waals surface area contributed by atoms with E-state index < -0.39 is 11.9 Å². The normalized spacial score (nSPS) is 10.2. The van der Waals surface area contributed by atoms with Gasteiger partial charge in [0.1, 0.15) is 5.75 Å². The maximum atomic E-state index is 12.0. The molecular weight excluding hydrogens is 312 g/mol. The number of amides is 4. The third-order valence-corrected chi connectivity index (χ3v) is 3.15. The maximum absolute atomic E-state index is 12.0. The predicted octanol–water partition coefficient (Wildman–Crippen LogP) is 0.801. The number of carbonyl (C=O) groups excluding carboxylic acids is 3. The van der Waals surface area contributed by atoms with Crippen LogP contribution in [-0.4, -0.2) is 56.0 Å². The van der Waals surface area contributed by atoms with Gasteiger partial charge in [-0.1, -0.05) is 6.92 Å². The van der Waals surface area contributed by atoms with Crippen LogP contribution in [0.25, 0.3) is 0 Å². The van der Waals surface area contributed by atoms with Gasteiger partial charge in [-0.25, -0.2) is 4.79 Å². The van der Waals surface area contributed by atoms with E-state index in [1.807, 2.05) is 6.92 Å². The Hall–Kier alpha value is -2.61.